The Bertz CT molecular complexity index is 942. The maximum atomic E-state index is 12.9. The summed E-state index contributed by atoms with van der Waals surface area (Å²) in [4.78, 5) is 39.1. The topological polar surface area (TPSA) is 121 Å². The van der Waals surface area contributed by atoms with Gasteiger partial charge in [0.25, 0.3) is 5.69 Å². The second kappa shape index (κ2) is 8.92. The highest BCUT2D eigenvalue weighted by atomic mass is 31.2. The number of rotatable bonds is 7. The molecule has 0 atom stereocenters. The van der Waals surface area contributed by atoms with Gasteiger partial charge in [-0.05, 0) is 33.3 Å². The van der Waals surface area contributed by atoms with Crippen molar-refractivity contribution in [1.82, 2.24) is 4.98 Å². The van der Waals surface area contributed by atoms with E-state index in [1.54, 1.807) is 33.8 Å². The molecular weight excluding hydrogens is 399 g/mol. The van der Waals surface area contributed by atoms with Gasteiger partial charge in [0.1, 0.15) is 0 Å². The van der Waals surface area contributed by atoms with Gasteiger partial charge in [0, 0.05) is 12.1 Å². The van der Waals surface area contributed by atoms with Crippen LogP contribution in [0.4, 0.5) is 5.69 Å². The lowest BCUT2D eigenvalue weighted by Gasteiger charge is -2.21. The monoisotopic (exact) mass is 423 g/mol. The van der Waals surface area contributed by atoms with Crippen molar-refractivity contribution in [2.45, 2.75) is 33.8 Å². The van der Waals surface area contributed by atoms with Crippen LogP contribution in [0.1, 0.15) is 35.6 Å². The molecule has 0 amide bonds. The lowest BCUT2D eigenvalue weighted by Crippen LogP contribution is -2.26. The molecule has 0 unspecified atom stereocenters. The molecule has 1 aromatic carbocycles. The first kappa shape index (κ1) is 22.8. The van der Waals surface area contributed by atoms with Crippen LogP contribution in [0.5, 0.6) is 0 Å². The quantitative estimate of drug-likeness (QED) is 0.311. The number of esters is 1. The highest BCUT2D eigenvalue weighted by molar-refractivity contribution is 7.69. The van der Waals surface area contributed by atoms with E-state index in [1.807, 2.05) is 0 Å². The minimum Gasteiger partial charge on any atom is -0.459 e. The molecule has 0 aliphatic carbocycles. The van der Waals surface area contributed by atoms with Crippen molar-refractivity contribution in [1.29, 1.82) is 0 Å². The molecule has 0 saturated heterocycles. The van der Waals surface area contributed by atoms with E-state index in [-0.39, 0.29) is 22.1 Å². The van der Waals surface area contributed by atoms with Crippen LogP contribution >= 0.6 is 7.94 Å². The number of aryl methyl sites for hydroxylation is 2. The number of pyridine rings is 1. The number of non-ortho nitro benzene ring substituents is 1. The van der Waals surface area contributed by atoms with E-state index in [0.29, 0.717) is 17.0 Å². The zero-order valence-corrected chi connectivity index (χ0v) is 18.0. The third-order valence-electron chi connectivity index (χ3n) is 4.20. The summed E-state index contributed by atoms with van der Waals surface area (Å²) < 4.78 is 15.9. The molecule has 0 bridgehead atoms. The van der Waals surface area contributed by atoms with Crippen LogP contribution in [0.2, 0.25) is 0 Å². The zero-order chi connectivity index (χ0) is 21.9. The number of carbonyl (C=O) groups is 1. The van der Waals surface area contributed by atoms with E-state index in [1.165, 1.54) is 32.4 Å². The summed E-state index contributed by atoms with van der Waals surface area (Å²) in [6.07, 6.45) is -0.400. The summed E-state index contributed by atoms with van der Waals surface area (Å²) >= 11 is 0. The maximum Gasteiger partial charge on any atom is 0.448 e. The van der Waals surface area contributed by atoms with E-state index in [9.17, 15) is 19.8 Å². The molecule has 2 rings (SSSR count). The lowest BCUT2D eigenvalue weighted by atomic mass is 9.97. The highest BCUT2D eigenvalue weighted by Gasteiger charge is 2.48. The first-order valence-corrected chi connectivity index (χ1v) is 10.3. The molecular formula is C19H24N2O7P+. The molecule has 29 heavy (non-hydrogen) atoms. The number of hydrogen-bond donors (Lipinski definition) is 1. The third kappa shape index (κ3) is 4.59. The van der Waals surface area contributed by atoms with Crippen LogP contribution in [0.15, 0.2) is 24.3 Å². The van der Waals surface area contributed by atoms with Gasteiger partial charge >= 0.3 is 13.9 Å². The molecule has 0 spiro atoms. The summed E-state index contributed by atoms with van der Waals surface area (Å²) in [5, 5.41) is 11.5. The molecule has 2 aromatic rings. The number of hydrogen-bond acceptors (Lipinski definition) is 8. The third-order valence-corrected chi connectivity index (χ3v) is 6.30. The molecule has 1 aromatic heterocycles. The Labute approximate surface area is 169 Å². The van der Waals surface area contributed by atoms with Crippen molar-refractivity contribution in [2.24, 2.45) is 0 Å². The van der Waals surface area contributed by atoms with E-state index in [0.717, 1.165) is 0 Å². The highest BCUT2D eigenvalue weighted by Crippen LogP contribution is 2.57. The first-order valence-electron chi connectivity index (χ1n) is 8.76. The fourth-order valence-electron chi connectivity index (χ4n) is 3.02. The molecule has 1 heterocycles. The molecule has 0 saturated carbocycles. The van der Waals surface area contributed by atoms with E-state index < -0.39 is 24.9 Å². The smallest absolute Gasteiger partial charge is 0.448 e. The minimum atomic E-state index is -3.62. The molecule has 9 nitrogen and oxygen atoms in total. The Morgan fingerprint density at radius 3 is 2.34 bits per heavy atom. The molecule has 0 aliphatic rings. The number of carbonyl (C=O) groups excluding carboxylic acids is 1. The van der Waals surface area contributed by atoms with Gasteiger partial charge in [0.2, 0.25) is 5.30 Å². The van der Waals surface area contributed by atoms with E-state index in [2.05, 4.69) is 4.98 Å². The van der Waals surface area contributed by atoms with Gasteiger partial charge in [-0.1, -0.05) is 12.1 Å². The fraction of sp³-hybridized carbons (Fsp3) is 0.368. The number of aromatic nitrogens is 1. The van der Waals surface area contributed by atoms with Crippen LogP contribution in [0.25, 0.3) is 11.1 Å². The van der Waals surface area contributed by atoms with Crippen LogP contribution in [0.3, 0.4) is 0 Å². The Kier molecular flexibility index (Phi) is 7.02. The number of nitro benzene ring substituents is 1. The molecule has 0 aliphatic heterocycles. The maximum absolute atomic E-state index is 12.9. The van der Waals surface area contributed by atoms with Crippen molar-refractivity contribution >= 4 is 24.9 Å². The average Bonchev–Trinajstić information content (AvgIpc) is 2.66. The second-order valence-corrected chi connectivity index (χ2v) is 8.75. The molecule has 1 N–H and O–H groups in total. The summed E-state index contributed by atoms with van der Waals surface area (Å²) in [7, 11) is -1.07. The summed E-state index contributed by atoms with van der Waals surface area (Å²) in [5.41, 5.74) is 1.24. The van der Waals surface area contributed by atoms with Gasteiger partial charge in [-0.25, -0.2) is 4.79 Å². The summed E-state index contributed by atoms with van der Waals surface area (Å²) in [6.45, 7) is 6.68. The zero-order valence-electron chi connectivity index (χ0n) is 17.1. The Hall–Kier alpha value is -2.45. The van der Waals surface area contributed by atoms with Crippen LogP contribution in [-0.2, 0) is 13.8 Å². The first-order chi connectivity index (χ1) is 13.6. The Morgan fingerprint density at radius 1 is 1.21 bits per heavy atom. The van der Waals surface area contributed by atoms with Gasteiger partial charge in [0.15, 0.2) is 0 Å². The fourth-order valence-corrected chi connectivity index (χ4v) is 4.52. The standard InChI is InChI=1S/C19H24N2O7P/c1-11(2)28-19(22)16-12(3)20-13(4)18(29(25,26-5)27-6)17(16)14-8-7-9-15(10-14)21(23)24/h7-11,25H,1-6H3/q+1. The van der Waals surface area contributed by atoms with Crippen LogP contribution in [-0.4, -0.2) is 41.1 Å². The predicted octanol–water partition coefficient (Wildman–Crippen LogP) is 3.51. The van der Waals surface area contributed by atoms with Gasteiger partial charge in [-0.3, -0.25) is 15.1 Å². The van der Waals surface area contributed by atoms with Crippen molar-refractivity contribution in [3.8, 4) is 11.1 Å². The largest absolute Gasteiger partial charge is 0.459 e. The van der Waals surface area contributed by atoms with Gasteiger partial charge in [-0.2, -0.15) is 13.9 Å². The summed E-state index contributed by atoms with van der Waals surface area (Å²) in [6, 6.07) is 5.76. The number of nitrogens with zero attached hydrogens (tertiary/aromatic N) is 2. The predicted molar refractivity (Wildman–Crippen MR) is 109 cm³/mol. The average molecular weight is 423 g/mol. The van der Waals surface area contributed by atoms with Crippen molar-refractivity contribution in [3.63, 3.8) is 0 Å². The van der Waals surface area contributed by atoms with Gasteiger partial charge in [-0.15, -0.1) is 0 Å². The lowest BCUT2D eigenvalue weighted by molar-refractivity contribution is -0.384. The molecule has 156 valence electrons. The second-order valence-electron chi connectivity index (χ2n) is 6.53. The minimum absolute atomic E-state index is 0.0901. The van der Waals surface area contributed by atoms with E-state index in [4.69, 9.17) is 13.8 Å². The molecule has 0 fully saturated rings. The van der Waals surface area contributed by atoms with E-state index >= 15 is 0 Å². The number of benzene rings is 1. The number of nitro groups is 1. The normalized spacial score (nSPS) is 11.6. The SMILES string of the molecule is CO[P+](O)(OC)c1c(C)nc(C)c(C(=O)OC(C)C)c1-c1cccc([N+](=O)[O-])c1. The van der Waals surface area contributed by atoms with Gasteiger partial charge in [0.05, 0.1) is 47.8 Å². The number of ether oxygens (including phenoxy) is 1. The van der Waals surface area contributed by atoms with Gasteiger partial charge < -0.3 is 4.74 Å². The molecule has 10 heteroatoms. The van der Waals surface area contributed by atoms with Crippen molar-refractivity contribution in [2.75, 3.05) is 14.2 Å². The Balaban J connectivity index is 2.97. The Morgan fingerprint density at radius 2 is 1.83 bits per heavy atom. The summed E-state index contributed by atoms with van der Waals surface area (Å²) in [5.74, 6) is -0.661. The van der Waals surface area contributed by atoms with Crippen LogP contribution < -0.4 is 5.30 Å². The van der Waals surface area contributed by atoms with Crippen molar-refractivity contribution < 1.29 is 28.4 Å². The van der Waals surface area contributed by atoms with Crippen LogP contribution in [0, 0.1) is 24.0 Å². The van der Waals surface area contributed by atoms with Crippen molar-refractivity contribution in [3.05, 3.63) is 51.3 Å². The molecule has 0 radical (unpaired) electrons.